The Morgan fingerprint density at radius 2 is 1.74 bits per heavy atom. The molecule has 3 N–H and O–H groups in total. The molecule has 4 amide bonds. The van der Waals surface area contributed by atoms with Gasteiger partial charge in [-0.05, 0) is 80.2 Å². The number of sulfonamides is 1. The third-order valence-electron chi connectivity index (χ3n) is 10.8. The Hall–Kier alpha value is -3.97. The molecule has 0 radical (unpaired) electrons. The van der Waals surface area contributed by atoms with Gasteiger partial charge in [0.25, 0.3) is 5.91 Å². The number of amides is 4. The molecule has 0 unspecified atom stereocenters. The Morgan fingerprint density at radius 3 is 2.50 bits per heavy atom. The van der Waals surface area contributed by atoms with E-state index in [0.717, 1.165) is 54.9 Å². The number of allylic oxidation sites excluding steroid dienone is 1. The second kappa shape index (κ2) is 14.3. The van der Waals surface area contributed by atoms with Gasteiger partial charge in [0.05, 0.1) is 18.0 Å². The van der Waals surface area contributed by atoms with Crippen molar-refractivity contribution in [2.75, 3.05) is 6.54 Å². The van der Waals surface area contributed by atoms with Gasteiger partial charge in [0.2, 0.25) is 21.8 Å². The number of benzene rings is 2. The first-order valence-electron chi connectivity index (χ1n) is 18.0. The maximum absolute atomic E-state index is 14.3. The van der Waals surface area contributed by atoms with Crippen LogP contribution in [0.25, 0.3) is 10.8 Å². The van der Waals surface area contributed by atoms with Gasteiger partial charge in [-0.2, -0.15) is 0 Å². The van der Waals surface area contributed by atoms with Gasteiger partial charge in [-0.1, -0.05) is 61.4 Å². The highest BCUT2D eigenvalue weighted by atomic mass is 32.2. The summed E-state index contributed by atoms with van der Waals surface area (Å²) in [4.78, 5) is 56.4. The van der Waals surface area contributed by atoms with Crippen LogP contribution in [0.3, 0.4) is 0 Å². The molecule has 0 bridgehead atoms. The number of rotatable bonds is 8. The highest BCUT2D eigenvalue weighted by Crippen LogP contribution is 2.46. The first-order valence-corrected chi connectivity index (χ1v) is 19.6. The van der Waals surface area contributed by atoms with Crippen molar-refractivity contribution in [1.82, 2.24) is 20.3 Å². The first kappa shape index (κ1) is 34.5. The average molecular weight is 707 g/mol. The molecule has 2 aromatic rings. The first-order chi connectivity index (χ1) is 24.1. The molecule has 2 aliphatic heterocycles. The van der Waals surface area contributed by atoms with Crippen LogP contribution in [0.4, 0.5) is 4.79 Å². The van der Waals surface area contributed by atoms with Gasteiger partial charge in [-0.15, -0.1) is 0 Å². The van der Waals surface area contributed by atoms with Crippen molar-refractivity contribution in [3.8, 4) is 0 Å². The number of fused-ring (bicyclic) bond motifs is 3. The molecular formula is C37H46N4O8S. The summed E-state index contributed by atoms with van der Waals surface area (Å²) in [6.45, 7) is 0.373. The third kappa shape index (κ3) is 7.68. The summed E-state index contributed by atoms with van der Waals surface area (Å²) in [5.41, 5.74) is -0.499. The molecule has 3 aliphatic carbocycles. The van der Waals surface area contributed by atoms with Crippen molar-refractivity contribution in [3.63, 3.8) is 0 Å². The minimum atomic E-state index is -3.85. The minimum Gasteiger partial charge on any atom is -0.446 e. The quantitative estimate of drug-likeness (QED) is 0.348. The lowest BCUT2D eigenvalue weighted by molar-refractivity contribution is -0.141. The van der Waals surface area contributed by atoms with Crippen LogP contribution in [0.1, 0.15) is 82.6 Å². The van der Waals surface area contributed by atoms with Gasteiger partial charge in [-0.25, -0.2) is 13.2 Å². The van der Waals surface area contributed by atoms with Gasteiger partial charge >= 0.3 is 6.09 Å². The lowest BCUT2D eigenvalue weighted by Gasteiger charge is -2.31. The Morgan fingerprint density at radius 1 is 0.940 bits per heavy atom. The van der Waals surface area contributed by atoms with Crippen molar-refractivity contribution in [1.29, 1.82) is 0 Å². The predicted octanol–water partition coefficient (Wildman–Crippen LogP) is 3.98. The largest absolute Gasteiger partial charge is 0.446 e. The molecule has 0 aromatic heterocycles. The Kier molecular flexibility index (Phi) is 9.89. The van der Waals surface area contributed by atoms with Crippen LogP contribution in [-0.4, -0.2) is 78.8 Å². The zero-order valence-corrected chi connectivity index (χ0v) is 29.0. The van der Waals surface area contributed by atoms with Crippen LogP contribution < -0.4 is 15.4 Å². The molecule has 5 aliphatic rings. The number of carbonyl (C=O) groups excluding carboxylic acids is 4. The second-order valence-electron chi connectivity index (χ2n) is 14.5. The summed E-state index contributed by atoms with van der Waals surface area (Å²) in [5, 5.41) is 7.27. The van der Waals surface area contributed by atoms with Crippen LogP contribution >= 0.6 is 0 Å². The number of hydrogen-bond donors (Lipinski definition) is 3. The molecule has 1 saturated heterocycles. The number of nitrogens with zero attached hydrogens (tertiary/aromatic N) is 1. The standard InChI is InChI=1S/C37H46N4O8S/c42-33-32-20-29(48-23-24-15-16-25-9-6-7-10-26(25)19-24)22-41(32)34(43)31(38-36(45)49-28-12-8-13-28)14-5-3-1-2-4-11-27-21-37(27,39-33)35(44)40-50(46,47)30-17-18-30/h4,6-7,9-11,15-16,19,27-32H,1-3,5,8,12-14,17-18,20-23H2,(H,38,45)(H,39,42)(H,40,44)/b11-4-/t27-,29-,31+,32+,37-/m1/s1. The highest BCUT2D eigenvalue weighted by Gasteiger charge is 2.62. The van der Waals surface area contributed by atoms with E-state index in [4.69, 9.17) is 9.47 Å². The van der Waals surface area contributed by atoms with E-state index in [9.17, 15) is 27.6 Å². The number of nitrogens with one attached hydrogen (secondary N) is 3. The van der Waals surface area contributed by atoms with E-state index in [0.29, 0.717) is 25.7 Å². The van der Waals surface area contributed by atoms with Crippen LogP contribution in [0.5, 0.6) is 0 Å². The van der Waals surface area contributed by atoms with E-state index < -0.39 is 62.8 Å². The minimum absolute atomic E-state index is 0.110. The molecule has 7 rings (SSSR count). The monoisotopic (exact) mass is 706 g/mol. The Labute approximate surface area is 292 Å². The number of carbonyl (C=O) groups is 4. The lowest BCUT2D eigenvalue weighted by atomic mass is 9.96. The van der Waals surface area contributed by atoms with E-state index in [1.165, 1.54) is 4.90 Å². The fourth-order valence-corrected chi connectivity index (χ4v) is 8.61. The summed E-state index contributed by atoms with van der Waals surface area (Å²) in [6, 6.07) is 12.2. The van der Waals surface area contributed by atoms with E-state index >= 15 is 0 Å². The molecule has 2 aromatic carbocycles. The molecule has 13 heteroatoms. The van der Waals surface area contributed by atoms with Crippen LogP contribution in [-0.2, 0) is 40.5 Å². The zero-order valence-electron chi connectivity index (χ0n) is 28.2. The fourth-order valence-electron chi connectivity index (χ4n) is 7.24. The highest BCUT2D eigenvalue weighted by molar-refractivity contribution is 7.91. The van der Waals surface area contributed by atoms with Gasteiger partial charge in [-0.3, -0.25) is 19.1 Å². The number of hydrogen-bond acceptors (Lipinski definition) is 8. The van der Waals surface area contributed by atoms with Gasteiger partial charge in [0.1, 0.15) is 23.7 Å². The van der Waals surface area contributed by atoms with E-state index in [2.05, 4.69) is 15.4 Å². The molecule has 0 spiro atoms. The van der Waals surface area contributed by atoms with E-state index in [-0.39, 0.29) is 38.0 Å². The van der Waals surface area contributed by atoms with Crippen molar-refractivity contribution in [3.05, 3.63) is 60.2 Å². The summed E-state index contributed by atoms with van der Waals surface area (Å²) < 4.78 is 39.6. The maximum Gasteiger partial charge on any atom is 0.408 e. The molecular weight excluding hydrogens is 660 g/mol. The fraction of sp³-hybridized carbons (Fsp3) is 0.568. The smallest absolute Gasteiger partial charge is 0.408 e. The van der Waals surface area contributed by atoms with E-state index in [1.807, 2.05) is 54.6 Å². The normalized spacial score (nSPS) is 29.7. The van der Waals surface area contributed by atoms with Gasteiger partial charge < -0.3 is 25.0 Å². The molecule has 5 atom stereocenters. The molecule has 2 heterocycles. The lowest BCUT2D eigenvalue weighted by Crippen LogP contribution is -2.58. The Balaban J connectivity index is 1.12. The number of ether oxygens (including phenoxy) is 2. The molecule has 268 valence electrons. The second-order valence-corrected chi connectivity index (χ2v) is 16.5. The zero-order chi connectivity index (χ0) is 34.9. The third-order valence-corrected chi connectivity index (χ3v) is 12.6. The summed E-state index contributed by atoms with van der Waals surface area (Å²) in [7, 11) is -3.85. The van der Waals surface area contributed by atoms with Crippen molar-refractivity contribution in [2.45, 2.75) is 119 Å². The van der Waals surface area contributed by atoms with Crippen molar-refractivity contribution in [2.24, 2.45) is 5.92 Å². The number of alkyl carbamates (subject to hydrolysis) is 1. The van der Waals surface area contributed by atoms with E-state index in [1.54, 1.807) is 0 Å². The molecule has 4 fully saturated rings. The molecule has 50 heavy (non-hydrogen) atoms. The summed E-state index contributed by atoms with van der Waals surface area (Å²) >= 11 is 0. The summed E-state index contributed by atoms with van der Waals surface area (Å²) in [6.07, 6.45) is 9.95. The molecule has 12 nitrogen and oxygen atoms in total. The van der Waals surface area contributed by atoms with Crippen molar-refractivity contribution >= 4 is 44.6 Å². The predicted molar refractivity (Wildman–Crippen MR) is 185 cm³/mol. The van der Waals surface area contributed by atoms with Crippen LogP contribution in [0.15, 0.2) is 54.6 Å². The van der Waals surface area contributed by atoms with Crippen molar-refractivity contribution < 1.29 is 37.1 Å². The molecule has 3 saturated carbocycles. The summed E-state index contributed by atoms with van der Waals surface area (Å²) in [5.74, 6) is -2.11. The maximum atomic E-state index is 14.3. The average Bonchev–Trinajstić information content (AvgIpc) is 4.00. The van der Waals surface area contributed by atoms with Gasteiger partial charge in [0.15, 0.2) is 0 Å². The Bertz CT molecular complexity index is 1770. The topological polar surface area (TPSA) is 160 Å². The van der Waals surface area contributed by atoms with Crippen LogP contribution in [0, 0.1) is 5.92 Å². The van der Waals surface area contributed by atoms with Gasteiger partial charge in [0, 0.05) is 18.9 Å². The SMILES string of the molecule is O=C(N[C@H]1CCCCC/C=C\[C@@H]2C[C@@]2(C(=O)NS(=O)(=O)C2CC2)NC(=O)[C@@H]2C[C@@H](OCc3ccc4ccccc4c3)CN2C1=O)OC1CCC1. The van der Waals surface area contributed by atoms with Crippen LogP contribution in [0.2, 0.25) is 0 Å².